The van der Waals surface area contributed by atoms with Crippen LogP contribution in [0.25, 0.3) is 16.7 Å². The van der Waals surface area contributed by atoms with Crippen LogP contribution in [0.2, 0.25) is 10.0 Å². The van der Waals surface area contributed by atoms with Crippen molar-refractivity contribution in [2.45, 2.75) is 45.1 Å². The summed E-state index contributed by atoms with van der Waals surface area (Å²) in [5.41, 5.74) is 1.47. The molecule has 1 amide bonds. The molecular formula is C32H27Cl2F3N6O3. The summed E-state index contributed by atoms with van der Waals surface area (Å²) in [6, 6.07) is 13.7. The fourth-order valence-corrected chi connectivity index (χ4v) is 5.84. The highest BCUT2D eigenvalue weighted by atomic mass is 35.5. The van der Waals surface area contributed by atoms with Crippen LogP contribution in [0.3, 0.4) is 0 Å². The third-order valence-electron chi connectivity index (χ3n) is 8.08. The van der Waals surface area contributed by atoms with Gasteiger partial charge in [0.15, 0.2) is 11.4 Å². The lowest BCUT2D eigenvalue weighted by Gasteiger charge is -2.35. The quantitative estimate of drug-likeness (QED) is 0.193. The Morgan fingerprint density at radius 2 is 1.80 bits per heavy atom. The molecular weight excluding hydrogens is 644 g/mol. The molecule has 0 saturated heterocycles. The standard InChI is InChI=1S/C32H27Cl2F3N6O3/c1-16-12-23-26(15-42(16)29(44)19-6-11-24(33)25(34)13-19)40-31(39-17(2)18-4-7-20(8-5-18)32(35,36)37)43(30(23)45)21-9-10-22-27(14-21)46-41-28(22)38-3/h4-11,13-14,16-17H,12,15H2,1-3H3,(H,38,41)(H,39,40)/t16?,17-/m0/s1. The molecule has 6 rings (SSSR count). The van der Waals surface area contributed by atoms with E-state index in [4.69, 9.17) is 32.7 Å². The first-order valence-electron chi connectivity index (χ1n) is 14.3. The van der Waals surface area contributed by atoms with E-state index in [1.54, 1.807) is 49.2 Å². The Kier molecular flexibility index (Phi) is 8.20. The molecule has 0 spiro atoms. The maximum Gasteiger partial charge on any atom is 0.416 e. The van der Waals surface area contributed by atoms with Crippen molar-refractivity contribution >= 4 is 51.8 Å². The number of alkyl halides is 3. The minimum atomic E-state index is -4.47. The predicted octanol–water partition coefficient (Wildman–Crippen LogP) is 7.50. The van der Waals surface area contributed by atoms with Gasteiger partial charge in [0.1, 0.15) is 0 Å². The number of hydrogen-bond donors (Lipinski definition) is 2. The summed E-state index contributed by atoms with van der Waals surface area (Å²) in [6.07, 6.45) is -4.24. The molecule has 2 atom stereocenters. The number of nitrogens with one attached hydrogen (secondary N) is 2. The van der Waals surface area contributed by atoms with Gasteiger partial charge in [0.05, 0.1) is 45.0 Å². The van der Waals surface area contributed by atoms with Crippen LogP contribution in [-0.2, 0) is 19.1 Å². The largest absolute Gasteiger partial charge is 0.416 e. The van der Waals surface area contributed by atoms with Crippen molar-refractivity contribution in [3.63, 3.8) is 0 Å². The minimum absolute atomic E-state index is 0.0433. The molecule has 3 aromatic carbocycles. The van der Waals surface area contributed by atoms with Gasteiger partial charge in [0, 0.05) is 30.3 Å². The van der Waals surface area contributed by atoms with Crippen LogP contribution in [0.1, 0.15) is 52.6 Å². The molecule has 0 bridgehead atoms. The molecule has 0 radical (unpaired) electrons. The van der Waals surface area contributed by atoms with E-state index in [-0.39, 0.29) is 41.4 Å². The molecule has 14 heteroatoms. The molecule has 3 heterocycles. The summed E-state index contributed by atoms with van der Waals surface area (Å²) in [5, 5.41) is 11.5. The third kappa shape index (κ3) is 5.78. The van der Waals surface area contributed by atoms with Crippen LogP contribution < -0.4 is 16.2 Å². The van der Waals surface area contributed by atoms with Crippen LogP contribution in [0, 0.1) is 0 Å². The lowest BCUT2D eigenvalue weighted by atomic mass is 9.98. The average Bonchev–Trinajstić information content (AvgIpc) is 3.44. The fourth-order valence-electron chi connectivity index (χ4n) is 5.55. The van der Waals surface area contributed by atoms with E-state index < -0.39 is 17.8 Å². The molecule has 0 fully saturated rings. The van der Waals surface area contributed by atoms with Gasteiger partial charge in [-0.3, -0.25) is 9.59 Å². The van der Waals surface area contributed by atoms with Crippen molar-refractivity contribution in [2.75, 3.05) is 17.7 Å². The second-order valence-electron chi connectivity index (χ2n) is 11.1. The summed E-state index contributed by atoms with van der Waals surface area (Å²) in [7, 11) is 1.71. The molecule has 9 nitrogen and oxygen atoms in total. The van der Waals surface area contributed by atoms with Crippen molar-refractivity contribution in [2.24, 2.45) is 0 Å². The molecule has 238 valence electrons. The van der Waals surface area contributed by atoms with Gasteiger partial charge in [-0.15, -0.1) is 0 Å². The number of anilines is 2. The van der Waals surface area contributed by atoms with E-state index in [0.717, 1.165) is 12.1 Å². The van der Waals surface area contributed by atoms with Gasteiger partial charge < -0.3 is 20.1 Å². The summed E-state index contributed by atoms with van der Waals surface area (Å²) in [6.45, 7) is 3.64. The van der Waals surface area contributed by atoms with E-state index in [9.17, 15) is 22.8 Å². The van der Waals surface area contributed by atoms with Gasteiger partial charge in [0.2, 0.25) is 5.95 Å². The van der Waals surface area contributed by atoms with Crippen LogP contribution in [0.15, 0.2) is 70.0 Å². The maximum absolute atomic E-state index is 14.2. The smallest absolute Gasteiger partial charge is 0.370 e. The van der Waals surface area contributed by atoms with E-state index in [0.29, 0.717) is 49.9 Å². The van der Waals surface area contributed by atoms with Crippen molar-refractivity contribution in [1.82, 2.24) is 19.6 Å². The molecule has 1 aliphatic rings. The number of nitrogens with zero attached hydrogens (tertiary/aromatic N) is 4. The Labute approximate surface area is 270 Å². The number of halogens is 5. The second-order valence-corrected chi connectivity index (χ2v) is 11.9. The summed E-state index contributed by atoms with van der Waals surface area (Å²) < 4.78 is 46.5. The maximum atomic E-state index is 14.2. The number of rotatable bonds is 6. The highest BCUT2D eigenvalue weighted by Gasteiger charge is 2.33. The monoisotopic (exact) mass is 670 g/mol. The molecule has 1 unspecified atom stereocenters. The highest BCUT2D eigenvalue weighted by Crippen LogP contribution is 2.32. The van der Waals surface area contributed by atoms with Gasteiger partial charge in [-0.1, -0.05) is 40.5 Å². The summed E-state index contributed by atoms with van der Waals surface area (Å²) in [5.74, 6) is 0.374. The summed E-state index contributed by atoms with van der Waals surface area (Å²) >= 11 is 12.2. The molecule has 2 aromatic heterocycles. The number of fused-ring (bicyclic) bond motifs is 2. The SMILES string of the molecule is CNc1noc2cc(-n3c(N[C@@H](C)c4ccc(C(F)(F)F)cc4)nc4c(c3=O)CC(C)N(C(=O)c3ccc(Cl)c(Cl)c3)C4)ccc12. The van der Waals surface area contributed by atoms with E-state index in [2.05, 4.69) is 15.8 Å². The van der Waals surface area contributed by atoms with E-state index >= 15 is 0 Å². The van der Waals surface area contributed by atoms with Gasteiger partial charge in [-0.2, -0.15) is 13.2 Å². The lowest BCUT2D eigenvalue weighted by Crippen LogP contribution is -2.46. The zero-order chi connectivity index (χ0) is 32.9. The molecule has 2 N–H and O–H groups in total. The Morgan fingerprint density at radius 3 is 2.48 bits per heavy atom. The Balaban J connectivity index is 1.43. The third-order valence-corrected chi connectivity index (χ3v) is 8.81. The number of carbonyl (C=O) groups excluding carboxylic acids is 1. The topological polar surface area (TPSA) is 105 Å². The lowest BCUT2D eigenvalue weighted by molar-refractivity contribution is -0.137. The number of hydrogen-bond acceptors (Lipinski definition) is 7. The van der Waals surface area contributed by atoms with Crippen LogP contribution >= 0.6 is 23.2 Å². The van der Waals surface area contributed by atoms with Crippen molar-refractivity contribution in [3.05, 3.63) is 109 Å². The molecule has 0 aliphatic carbocycles. The molecule has 0 saturated carbocycles. The minimum Gasteiger partial charge on any atom is -0.370 e. The molecule has 5 aromatic rings. The normalized spacial score (nSPS) is 15.5. The Hall–Kier alpha value is -4.55. The predicted molar refractivity (Wildman–Crippen MR) is 170 cm³/mol. The Bertz CT molecular complexity index is 2030. The zero-order valence-electron chi connectivity index (χ0n) is 24.7. The zero-order valence-corrected chi connectivity index (χ0v) is 26.3. The van der Waals surface area contributed by atoms with Crippen molar-refractivity contribution in [3.8, 4) is 5.69 Å². The van der Waals surface area contributed by atoms with Crippen LogP contribution in [0.4, 0.5) is 24.9 Å². The van der Waals surface area contributed by atoms with E-state index in [1.807, 2.05) is 6.92 Å². The highest BCUT2D eigenvalue weighted by molar-refractivity contribution is 6.42. The first-order chi connectivity index (χ1) is 21.8. The second kappa shape index (κ2) is 12.0. The number of amides is 1. The van der Waals surface area contributed by atoms with Crippen molar-refractivity contribution < 1.29 is 22.5 Å². The number of aromatic nitrogens is 3. The van der Waals surface area contributed by atoms with Gasteiger partial charge in [-0.25, -0.2) is 9.55 Å². The molecule has 46 heavy (non-hydrogen) atoms. The van der Waals surface area contributed by atoms with E-state index in [1.165, 1.54) is 22.8 Å². The first-order valence-corrected chi connectivity index (χ1v) is 15.0. The van der Waals surface area contributed by atoms with Gasteiger partial charge >= 0.3 is 6.18 Å². The van der Waals surface area contributed by atoms with Crippen molar-refractivity contribution in [1.29, 1.82) is 0 Å². The Morgan fingerprint density at radius 1 is 1.07 bits per heavy atom. The van der Waals surface area contributed by atoms with Crippen LogP contribution in [0.5, 0.6) is 0 Å². The number of benzene rings is 3. The van der Waals surface area contributed by atoms with Gasteiger partial charge in [0.25, 0.3) is 11.5 Å². The van der Waals surface area contributed by atoms with Crippen LogP contribution in [-0.4, -0.2) is 38.6 Å². The number of carbonyl (C=O) groups is 1. The first kappa shape index (κ1) is 31.4. The molecule has 1 aliphatic heterocycles. The van der Waals surface area contributed by atoms with Gasteiger partial charge in [-0.05, 0) is 68.3 Å². The fraction of sp³-hybridized carbons (Fsp3) is 0.250. The summed E-state index contributed by atoms with van der Waals surface area (Å²) in [4.78, 5) is 34.2. The average molecular weight is 672 g/mol.